The first-order valence-corrected chi connectivity index (χ1v) is 5.82. The molecule has 2 N–H and O–H groups in total. The van der Waals surface area contributed by atoms with Crippen molar-refractivity contribution in [3.05, 3.63) is 0 Å². The second-order valence-corrected chi connectivity index (χ2v) is 5.23. The predicted molar refractivity (Wildman–Crippen MR) is 58.6 cm³/mol. The molecule has 17 heavy (non-hydrogen) atoms. The molecule has 1 atom stereocenters. The number of urea groups is 1. The van der Waals surface area contributed by atoms with Crippen LogP contribution < -0.4 is 10.6 Å². The smallest absolute Gasteiger partial charge is 0.335 e. The molecular formula is C11H19F3N2O. The molecule has 1 unspecified atom stereocenters. The van der Waals surface area contributed by atoms with Crippen LogP contribution >= 0.6 is 0 Å². The van der Waals surface area contributed by atoms with Crippen LogP contribution in [0.4, 0.5) is 18.0 Å². The van der Waals surface area contributed by atoms with Crippen LogP contribution in [0.15, 0.2) is 0 Å². The molecule has 1 rings (SSSR count). The van der Waals surface area contributed by atoms with Gasteiger partial charge in [0.25, 0.3) is 0 Å². The largest absolute Gasteiger partial charge is 0.405 e. The molecule has 6 heteroatoms. The number of hydrogen-bond acceptors (Lipinski definition) is 1. The van der Waals surface area contributed by atoms with Crippen molar-refractivity contribution in [1.82, 2.24) is 10.6 Å². The number of amides is 2. The van der Waals surface area contributed by atoms with Gasteiger partial charge in [-0.1, -0.05) is 26.7 Å². The number of hydrogen-bond donors (Lipinski definition) is 2. The standard InChI is InChI=1S/C11H19F3N2O/c1-10(2)6-4-3-5-8(10)16-9(17)15-7-11(12,13)14/h8H,3-7H2,1-2H3,(H2,15,16,17). The number of carbonyl (C=O) groups excluding carboxylic acids is 1. The Balaban J connectivity index is 2.40. The Morgan fingerprint density at radius 3 is 2.53 bits per heavy atom. The fourth-order valence-electron chi connectivity index (χ4n) is 2.15. The van der Waals surface area contributed by atoms with Crippen molar-refractivity contribution < 1.29 is 18.0 Å². The fourth-order valence-corrected chi connectivity index (χ4v) is 2.15. The van der Waals surface area contributed by atoms with Gasteiger partial charge in [0.2, 0.25) is 0 Å². The van der Waals surface area contributed by atoms with Crippen molar-refractivity contribution in [2.75, 3.05) is 6.54 Å². The van der Waals surface area contributed by atoms with Crippen LogP contribution in [-0.4, -0.2) is 24.8 Å². The van der Waals surface area contributed by atoms with Crippen molar-refractivity contribution >= 4 is 6.03 Å². The predicted octanol–water partition coefficient (Wildman–Crippen LogP) is 2.82. The maximum absolute atomic E-state index is 11.9. The zero-order chi connectivity index (χ0) is 13.1. The minimum atomic E-state index is -4.36. The molecular weight excluding hydrogens is 233 g/mol. The topological polar surface area (TPSA) is 41.1 Å². The fraction of sp³-hybridized carbons (Fsp3) is 0.909. The van der Waals surface area contributed by atoms with E-state index in [1.807, 2.05) is 19.2 Å². The summed E-state index contributed by atoms with van der Waals surface area (Å²) in [4.78, 5) is 11.3. The van der Waals surface area contributed by atoms with Crippen molar-refractivity contribution in [1.29, 1.82) is 0 Å². The van der Waals surface area contributed by atoms with Crippen LogP contribution in [0.5, 0.6) is 0 Å². The van der Waals surface area contributed by atoms with Gasteiger partial charge in [-0.05, 0) is 18.3 Å². The second kappa shape index (κ2) is 5.14. The Kier molecular flexibility index (Phi) is 4.27. The summed E-state index contributed by atoms with van der Waals surface area (Å²) >= 11 is 0. The third-order valence-electron chi connectivity index (χ3n) is 3.26. The minimum Gasteiger partial charge on any atom is -0.335 e. The first-order valence-electron chi connectivity index (χ1n) is 5.82. The summed E-state index contributed by atoms with van der Waals surface area (Å²) in [5.74, 6) is 0. The minimum absolute atomic E-state index is 0.0478. The van der Waals surface area contributed by atoms with Crippen LogP contribution in [0.3, 0.4) is 0 Å². The van der Waals surface area contributed by atoms with E-state index in [0.29, 0.717) is 0 Å². The monoisotopic (exact) mass is 252 g/mol. The summed E-state index contributed by atoms with van der Waals surface area (Å²) in [7, 11) is 0. The normalized spacial score (nSPS) is 24.2. The molecule has 3 nitrogen and oxygen atoms in total. The highest BCUT2D eigenvalue weighted by Gasteiger charge is 2.34. The van der Waals surface area contributed by atoms with Gasteiger partial charge in [0, 0.05) is 6.04 Å². The molecule has 0 saturated heterocycles. The summed E-state index contributed by atoms with van der Waals surface area (Å²) in [6, 6.07) is -0.785. The summed E-state index contributed by atoms with van der Waals surface area (Å²) in [5, 5.41) is 4.46. The van der Waals surface area contributed by atoms with Crippen molar-refractivity contribution in [2.45, 2.75) is 51.7 Å². The molecule has 0 heterocycles. The summed E-state index contributed by atoms with van der Waals surface area (Å²) in [6.45, 7) is 2.77. The average molecular weight is 252 g/mol. The molecule has 0 spiro atoms. The summed E-state index contributed by atoms with van der Waals surface area (Å²) < 4.78 is 35.7. The molecule has 100 valence electrons. The lowest BCUT2D eigenvalue weighted by Crippen LogP contribution is -2.51. The molecule has 1 aliphatic carbocycles. The van der Waals surface area contributed by atoms with Gasteiger partial charge in [0.15, 0.2) is 0 Å². The van der Waals surface area contributed by atoms with E-state index < -0.39 is 18.8 Å². The van der Waals surface area contributed by atoms with Gasteiger partial charge < -0.3 is 10.6 Å². The Labute approximate surface area is 99.1 Å². The molecule has 1 aliphatic rings. The lowest BCUT2D eigenvalue weighted by Gasteiger charge is -2.38. The highest BCUT2D eigenvalue weighted by atomic mass is 19.4. The molecule has 1 saturated carbocycles. The van der Waals surface area contributed by atoms with Crippen LogP contribution in [0, 0.1) is 5.41 Å². The van der Waals surface area contributed by atoms with E-state index in [2.05, 4.69) is 5.32 Å². The molecule has 0 aliphatic heterocycles. The third kappa shape index (κ3) is 4.83. The highest BCUT2D eigenvalue weighted by molar-refractivity contribution is 5.74. The number of alkyl halides is 3. The van der Waals surface area contributed by atoms with Crippen LogP contribution in [0.2, 0.25) is 0 Å². The van der Waals surface area contributed by atoms with Crippen LogP contribution in [-0.2, 0) is 0 Å². The number of nitrogens with one attached hydrogen (secondary N) is 2. The van der Waals surface area contributed by atoms with Crippen LogP contribution in [0.1, 0.15) is 39.5 Å². The molecule has 0 aromatic carbocycles. The Morgan fingerprint density at radius 1 is 1.35 bits per heavy atom. The average Bonchev–Trinajstić information content (AvgIpc) is 2.17. The van der Waals surface area contributed by atoms with Crippen molar-refractivity contribution in [3.63, 3.8) is 0 Å². The number of rotatable bonds is 2. The molecule has 0 aromatic heterocycles. The lowest BCUT2D eigenvalue weighted by atomic mass is 9.73. The number of carbonyl (C=O) groups is 1. The van der Waals surface area contributed by atoms with Crippen molar-refractivity contribution in [3.8, 4) is 0 Å². The summed E-state index contributed by atoms with van der Waals surface area (Å²) in [6.07, 6.45) is -0.438. The zero-order valence-corrected chi connectivity index (χ0v) is 10.2. The van der Waals surface area contributed by atoms with E-state index in [4.69, 9.17) is 0 Å². The molecule has 1 fully saturated rings. The van der Waals surface area contributed by atoms with Gasteiger partial charge in [0.05, 0.1) is 0 Å². The summed E-state index contributed by atoms with van der Waals surface area (Å²) in [5.41, 5.74) is -0.0478. The van der Waals surface area contributed by atoms with E-state index in [9.17, 15) is 18.0 Å². The molecule has 0 radical (unpaired) electrons. The highest BCUT2D eigenvalue weighted by Crippen LogP contribution is 2.35. The van der Waals surface area contributed by atoms with E-state index in [0.717, 1.165) is 25.7 Å². The van der Waals surface area contributed by atoms with Gasteiger partial charge >= 0.3 is 12.2 Å². The number of halogens is 3. The van der Waals surface area contributed by atoms with Gasteiger partial charge in [-0.3, -0.25) is 0 Å². The van der Waals surface area contributed by atoms with Gasteiger partial charge in [-0.25, -0.2) is 4.79 Å². The SMILES string of the molecule is CC1(C)CCCCC1NC(=O)NCC(F)(F)F. The lowest BCUT2D eigenvalue weighted by molar-refractivity contribution is -0.122. The van der Waals surface area contributed by atoms with E-state index in [1.165, 1.54) is 0 Å². The van der Waals surface area contributed by atoms with Crippen molar-refractivity contribution in [2.24, 2.45) is 5.41 Å². The maximum atomic E-state index is 11.9. The van der Waals surface area contributed by atoms with E-state index in [1.54, 1.807) is 0 Å². The van der Waals surface area contributed by atoms with E-state index in [-0.39, 0.29) is 11.5 Å². The Morgan fingerprint density at radius 2 is 2.00 bits per heavy atom. The Hall–Kier alpha value is -0.940. The third-order valence-corrected chi connectivity index (χ3v) is 3.26. The molecule has 0 aromatic rings. The van der Waals surface area contributed by atoms with Gasteiger partial charge in [-0.2, -0.15) is 13.2 Å². The van der Waals surface area contributed by atoms with Gasteiger partial charge in [0.1, 0.15) is 6.54 Å². The zero-order valence-electron chi connectivity index (χ0n) is 10.2. The van der Waals surface area contributed by atoms with Crippen LogP contribution in [0.25, 0.3) is 0 Å². The second-order valence-electron chi connectivity index (χ2n) is 5.23. The molecule has 2 amide bonds. The first-order chi connectivity index (χ1) is 7.71. The van der Waals surface area contributed by atoms with E-state index >= 15 is 0 Å². The molecule has 0 bridgehead atoms. The maximum Gasteiger partial charge on any atom is 0.405 e. The first kappa shape index (κ1) is 14.1. The Bertz CT molecular complexity index is 276. The quantitative estimate of drug-likeness (QED) is 0.779. The van der Waals surface area contributed by atoms with Gasteiger partial charge in [-0.15, -0.1) is 0 Å².